The maximum atomic E-state index is 6.15. The molecule has 1 aromatic rings. The zero-order chi connectivity index (χ0) is 13.0. The molecule has 1 aliphatic rings. The van der Waals surface area contributed by atoms with E-state index >= 15 is 0 Å². The van der Waals surface area contributed by atoms with E-state index in [1.54, 1.807) is 0 Å². The molecule has 1 aliphatic carbocycles. The molecule has 0 saturated heterocycles. The first kappa shape index (κ1) is 13.6. The van der Waals surface area contributed by atoms with Crippen LogP contribution >= 0.6 is 0 Å². The van der Waals surface area contributed by atoms with Gasteiger partial charge < -0.3 is 5.73 Å². The largest absolute Gasteiger partial charge is 0.329 e. The number of nitrogens with two attached hydrogens (primary N) is 1. The fourth-order valence-corrected chi connectivity index (χ4v) is 3.65. The van der Waals surface area contributed by atoms with Gasteiger partial charge in [0.05, 0.1) is 0 Å². The van der Waals surface area contributed by atoms with Crippen molar-refractivity contribution < 1.29 is 0 Å². The average molecular weight is 246 g/mol. The highest BCUT2D eigenvalue weighted by Crippen LogP contribution is 2.41. The highest BCUT2D eigenvalue weighted by molar-refractivity contribution is 5.15. The molecule has 0 heterocycles. The van der Waals surface area contributed by atoms with Gasteiger partial charge in [-0.3, -0.25) is 4.90 Å². The van der Waals surface area contributed by atoms with Gasteiger partial charge in [0.15, 0.2) is 0 Å². The molecule has 2 unspecified atom stereocenters. The molecule has 2 heteroatoms. The van der Waals surface area contributed by atoms with E-state index in [0.717, 1.165) is 19.0 Å². The molecule has 2 rings (SSSR count). The van der Waals surface area contributed by atoms with Gasteiger partial charge in [-0.15, -0.1) is 0 Å². The molecule has 0 aromatic heterocycles. The molecule has 0 amide bonds. The number of rotatable bonds is 5. The molecule has 0 spiro atoms. The molecular weight excluding hydrogens is 220 g/mol. The number of nitrogens with zero attached hydrogens (tertiary/aromatic N) is 1. The van der Waals surface area contributed by atoms with Crippen LogP contribution in [-0.2, 0) is 6.54 Å². The minimum Gasteiger partial charge on any atom is -0.329 e. The fraction of sp³-hybridized carbons (Fsp3) is 0.625. The van der Waals surface area contributed by atoms with E-state index in [9.17, 15) is 0 Å². The second-order valence-electron chi connectivity index (χ2n) is 5.65. The van der Waals surface area contributed by atoms with Gasteiger partial charge in [0, 0.05) is 18.6 Å². The molecule has 1 aromatic carbocycles. The van der Waals surface area contributed by atoms with Gasteiger partial charge in [0.1, 0.15) is 0 Å². The summed E-state index contributed by atoms with van der Waals surface area (Å²) in [7, 11) is 2.24. The molecule has 1 fully saturated rings. The van der Waals surface area contributed by atoms with Crippen LogP contribution in [0.25, 0.3) is 0 Å². The summed E-state index contributed by atoms with van der Waals surface area (Å²) in [6.45, 7) is 4.10. The quantitative estimate of drug-likeness (QED) is 0.865. The molecule has 1 saturated carbocycles. The first-order chi connectivity index (χ1) is 8.73. The molecule has 0 radical (unpaired) electrons. The molecule has 18 heavy (non-hydrogen) atoms. The third-order valence-corrected chi connectivity index (χ3v) is 4.79. The Morgan fingerprint density at radius 1 is 1.33 bits per heavy atom. The predicted molar refractivity (Wildman–Crippen MR) is 77.3 cm³/mol. The van der Waals surface area contributed by atoms with Gasteiger partial charge in [-0.25, -0.2) is 0 Å². The van der Waals surface area contributed by atoms with Crippen molar-refractivity contribution in [3.05, 3.63) is 35.9 Å². The van der Waals surface area contributed by atoms with E-state index in [1.165, 1.54) is 31.2 Å². The Bertz CT molecular complexity index is 363. The summed E-state index contributed by atoms with van der Waals surface area (Å²) in [6.07, 6.45) is 5.17. The van der Waals surface area contributed by atoms with Crippen molar-refractivity contribution in [1.82, 2.24) is 4.90 Å². The number of hydrogen-bond donors (Lipinski definition) is 1. The topological polar surface area (TPSA) is 29.3 Å². The van der Waals surface area contributed by atoms with Crippen molar-refractivity contribution in [1.29, 1.82) is 0 Å². The van der Waals surface area contributed by atoms with Gasteiger partial charge in [-0.2, -0.15) is 0 Å². The first-order valence-corrected chi connectivity index (χ1v) is 7.18. The van der Waals surface area contributed by atoms with Crippen LogP contribution in [0.5, 0.6) is 0 Å². The Kier molecular flexibility index (Phi) is 4.41. The number of hydrogen-bond acceptors (Lipinski definition) is 2. The van der Waals surface area contributed by atoms with Crippen molar-refractivity contribution in [2.45, 2.75) is 44.7 Å². The summed E-state index contributed by atoms with van der Waals surface area (Å²) in [5.41, 5.74) is 7.76. The zero-order valence-corrected chi connectivity index (χ0v) is 11.7. The van der Waals surface area contributed by atoms with E-state index in [4.69, 9.17) is 5.73 Å². The normalized spacial score (nSPS) is 27.9. The lowest BCUT2D eigenvalue weighted by Crippen LogP contribution is -2.54. The van der Waals surface area contributed by atoms with E-state index in [2.05, 4.69) is 49.2 Å². The van der Waals surface area contributed by atoms with Crippen LogP contribution < -0.4 is 5.73 Å². The summed E-state index contributed by atoms with van der Waals surface area (Å²) in [4.78, 5) is 2.50. The number of benzene rings is 1. The van der Waals surface area contributed by atoms with Crippen molar-refractivity contribution in [2.24, 2.45) is 11.7 Å². The zero-order valence-electron chi connectivity index (χ0n) is 11.7. The van der Waals surface area contributed by atoms with Crippen LogP contribution in [0, 0.1) is 5.92 Å². The standard InChI is InChI=1S/C16H26N2/c1-3-15-10-7-11-16(15,13-17)18(2)12-14-8-5-4-6-9-14/h4-6,8-9,15H,3,7,10-13,17H2,1-2H3. The monoisotopic (exact) mass is 246 g/mol. The minimum atomic E-state index is 0.227. The van der Waals surface area contributed by atoms with Crippen LogP contribution in [0.2, 0.25) is 0 Å². The molecule has 2 atom stereocenters. The van der Waals surface area contributed by atoms with Crippen molar-refractivity contribution in [3.63, 3.8) is 0 Å². The molecular formula is C16H26N2. The van der Waals surface area contributed by atoms with E-state index < -0.39 is 0 Å². The van der Waals surface area contributed by atoms with Crippen LogP contribution in [0.1, 0.15) is 38.2 Å². The first-order valence-electron chi connectivity index (χ1n) is 7.18. The third-order valence-electron chi connectivity index (χ3n) is 4.79. The Balaban J connectivity index is 2.12. The summed E-state index contributed by atoms with van der Waals surface area (Å²) >= 11 is 0. The van der Waals surface area contributed by atoms with Crippen LogP contribution in [0.15, 0.2) is 30.3 Å². The van der Waals surface area contributed by atoms with Gasteiger partial charge in [-0.1, -0.05) is 50.1 Å². The van der Waals surface area contributed by atoms with Crippen molar-refractivity contribution >= 4 is 0 Å². The van der Waals surface area contributed by atoms with Crippen LogP contribution in [-0.4, -0.2) is 24.0 Å². The molecule has 0 bridgehead atoms. The lowest BCUT2D eigenvalue weighted by atomic mass is 9.83. The van der Waals surface area contributed by atoms with E-state index in [1.807, 2.05) is 0 Å². The lowest BCUT2D eigenvalue weighted by Gasteiger charge is -2.43. The summed E-state index contributed by atoms with van der Waals surface area (Å²) in [5.74, 6) is 0.760. The van der Waals surface area contributed by atoms with Crippen molar-refractivity contribution in [2.75, 3.05) is 13.6 Å². The summed E-state index contributed by atoms with van der Waals surface area (Å²) in [6, 6.07) is 10.7. The smallest absolute Gasteiger partial charge is 0.0360 e. The summed E-state index contributed by atoms with van der Waals surface area (Å²) in [5, 5.41) is 0. The van der Waals surface area contributed by atoms with E-state index in [-0.39, 0.29) is 5.54 Å². The average Bonchev–Trinajstić information content (AvgIpc) is 2.84. The van der Waals surface area contributed by atoms with E-state index in [0.29, 0.717) is 0 Å². The fourth-order valence-electron chi connectivity index (χ4n) is 3.65. The Morgan fingerprint density at radius 3 is 2.67 bits per heavy atom. The molecule has 0 aliphatic heterocycles. The van der Waals surface area contributed by atoms with Gasteiger partial charge in [0.25, 0.3) is 0 Å². The maximum Gasteiger partial charge on any atom is 0.0360 e. The Labute approximate surface area is 111 Å². The van der Waals surface area contributed by atoms with Gasteiger partial charge in [0.2, 0.25) is 0 Å². The summed E-state index contributed by atoms with van der Waals surface area (Å²) < 4.78 is 0. The maximum absolute atomic E-state index is 6.15. The molecule has 2 nitrogen and oxygen atoms in total. The SMILES string of the molecule is CCC1CCCC1(CN)N(C)Cc1ccccc1. The molecule has 100 valence electrons. The van der Waals surface area contributed by atoms with Crippen molar-refractivity contribution in [3.8, 4) is 0 Å². The van der Waals surface area contributed by atoms with Crippen LogP contribution in [0.4, 0.5) is 0 Å². The lowest BCUT2D eigenvalue weighted by molar-refractivity contribution is 0.0747. The van der Waals surface area contributed by atoms with Gasteiger partial charge >= 0.3 is 0 Å². The molecule has 2 N–H and O–H groups in total. The minimum absolute atomic E-state index is 0.227. The second kappa shape index (κ2) is 5.85. The Hall–Kier alpha value is -0.860. The highest BCUT2D eigenvalue weighted by Gasteiger charge is 2.43. The number of likely N-dealkylation sites (N-methyl/N-ethyl adjacent to an activating group) is 1. The Morgan fingerprint density at radius 2 is 2.06 bits per heavy atom. The van der Waals surface area contributed by atoms with Gasteiger partial charge in [-0.05, 0) is 31.4 Å². The predicted octanol–water partition coefficient (Wildman–Crippen LogP) is 3.03. The van der Waals surface area contributed by atoms with Crippen LogP contribution in [0.3, 0.4) is 0 Å². The third kappa shape index (κ3) is 2.45. The second-order valence-corrected chi connectivity index (χ2v) is 5.65. The highest BCUT2D eigenvalue weighted by atomic mass is 15.2.